The van der Waals surface area contributed by atoms with E-state index in [-0.39, 0.29) is 0 Å². The largest absolute Gasteiger partial charge is 0.370 e. The number of hydrogen-bond donors (Lipinski definition) is 2. The molecule has 4 rings (SSSR count). The van der Waals surface area contributed by atoms with Crippen LogP contribution in [-0.4, -0.2) is 15.7 Å². The molecule has 1 heterocycles. The number of nitrogens with one attached hydrogen (secondary N) is 1. The number of nitrogens with zero attached hydrogens (tertiary/aromatic N) is 3. The normalized spacial score (nSPS) is 14.0. The third-order valence-corrected chi connectivity index (χ3v) is 5.11. The highest BCUT2D eigenvalue weighted by atomic mass is 15.2. The van der Waals surface area contributed by atoms with E-state index in [1.54, 1.807) is 0 Å². The summed E-state index contributed by atoms with van der Waals surface area (Å²) in [5, 5.41) is 7.58. The Morgan fingerprint density at radius 2 is 2.00 bits per heavy atom. The first-order valence-corrected chi connectivity index (χ1v) is 9.45. The van der Waals surface area contributed by atoms with Crippen LogP contribution in [0.4, 0.5) is 5.69 Å². The van der Waals surface area contributed by atoms with Gasteiger partial charge in [0.25, 0.3) is 0 Å². The first-order chi connectivity index (χ1) is 13.2. The molecule has 5 heteroatoms. The Bertz CT molecular complexity index is 970. The molecule has 0 atom stereocenters. The maximum atomic E-state index is 6.20. The lowest BCUT2D eigenvalue weighted by Crippen LogP contribution is -2.24. The fourth-order valence-corrected chi connectivity index (χ4v) is 3.75. The summed E-state index contributed by atoms with van der Waals surface area (Å²) in [5.41, 5.74) is 13.5. The number of aliphatic imine (C=N–C) groups is 1. The smallest absolute Gasteiger partial charge is 0.193 e. The van der Waals surface area contributed by atoms with Crippen molar-refractivity contribution in [1.29, 1.82) is 0 Å². The van der Waals surface area contributed by atoms with E-state index in [0.29, 0.717) is 12.5 Å². The summed E-state index contributed by atoms with van der Waals surface area (Å²) >= 11 is 0. The van der Waals surface area contributed by atoms with E-state index in [1.807, 2.05) is 36.3 Å². The van der Waals surface area contributed by atoms with Gasteiger partial charge in [0.15, 0.2) is 5.96 Å². The summed E-state index contributed by atoms with van der Waals surface area (Å²) < 4.78 is 1.81. The Morgan fingerprint density at radius 3 is 2.85 bits per heavy atom. The second-order valence-electron chi connectivity index (χ2n) is 7.04. The molecular formula is C22H25N5. The number of benzene rings is 2. The average Bonchev–Trinajstić information content (AvgIpc) is 3.13. The molecule has 0 spiro atoms. The molecule has 3 N–H and O–H groups in total. The molecule has 0 bridgehead atoms. The van der Waals surface area contributed by atoms with Gasteiger partial charge in [0.05, 0.1) is 12.7 Å². The van der Waals surface area contributed by atoms with Gasteiger partial charge in [-0.1, -0.05) is 36.4 Å². The average molecular weight is 359 g/mol. The molecule has 1 aliphatic carbocycles. The Balaban J connectivity index is 1.53. The number of fused-ring (bicyclic) bond motifs is 1. The monoisotopic (exact) mass is 359 g/mol. The Labute approximate surface area is 159 Å². The molecule has 0 radical (unpaired) electrons. The van der Waals surface area contributed by atoms with Crippen LogP contribution in [0.3, 0.4) is 0 Å². The van der Waals surface area contributed by atoms with Gasteiger partial charge in [0.2, 0.25) is 0 Å². The molecule has 1 aliphatic rings. The molecule has 138 valence electrons. The SMILES string of the molecule is Cn1cc(-c2ccccc2CN=C(N)Nc2cccc3c2CCCC3)cn1. The van der Waals surface area contributed by atoms with E-state index in [4.69, 9.17) is 5.73 Å². The van der Waals surface area contributed by atoms with Crippen LogP contribution in [0.2, 0.25) is 0 Å². The number of anilines is 1. The van der Waals surface area contributed by atoms with E-state index in [1.165, 1.54) is 24.0 Å². The van der Waals surface area contributed by atoms with Crippen LogP contribution in [0.1, 0.15) is 29.5 Å². The predicted molar refractivity (Wildman–Crippen MR) is 111 cm³/mol. The van der Waals surface area contributed by atoms with Crippen LogP contribution >= 0.6 is 0 Å². The highest BCUT2D eigenvalue weighted by molar-refractivity contribution is 5.93. The second kappa shape index (κ2) is 7.66. The lowest BCUT2D eigenvalue weighted by atomic mass is 9.90. The lowest BCUT2D eigenvalue weighted by molar-refractivity contribution is 0.687. The van der Waals surface area contributed by atoms with Gasteiger partial charge in [-0.2, -0.15) is 5.10 Å². The Morgan fingerprint density at radius 1 is 1.15 bits per heavy atom. The fraction of sp³-hybridized carbons (Fsp3) is 0.273. The lowest BCUT2D eigenvalue weighted by Gasteiger charge is -2.19. The second-order valence-corrected chi connectivity index (χ2v) is 7.04. The molecule has 0 amide bonds. The van der Waals surface area contributed by atoms with E-state index >= 15 is 0 Å². The van der Waals surface area contributed by atoms with Crippen molar-refractivity contribution >= 4 is 11.6 Å². The van der Waals surface area contributed by atoms with Crippen molar-refractivity contribution in [1.82, 2.24) is 9.78 Å². The van der Waals surface area contributed by atoms with Crippen LogP contribution < -0.4 is 11.1 Å². The van der Waals surface area contributed by atoms with Gasteiger partial charge in [-0.05, 0) is 54.0 Å². The van der Waals surface area contributed by atoms with Crippen LogP contribution in [-0.2, 0) is 26.4 Å². The molecule has 0 aliphatic heterocycles. The summed E-state index contributed by atoms with van der Waals surface area (Å²) in [6.45, 7) is 0.527. The van der Waals surface area contributed by atoms with Crippen molar-refractivity contribution < 1.29 is 0 Å². The van der Waals surface area contributed by atoms with E-state index in [2.05, 4.69) is 45.7 Å². The summed E-state index contributed by atoms with van der Waals surface area (Å²) in [7, 11) is 1.92. The van der Waals surface area contributed by atoms with Crippen LogP contribution in [0.15, 0.2) is 59.9 Å². The maximum Gasteiger partial charge on any atom is 0.193 e. The first kappa shape index (κ1) is 17.3. The zero-order chi connectivity index (χ0) is 18.6. The van der Waals surface area contributed by atoms with Gasteiger partial charge >= 0.3 is 0 Å². The van der Waals surface area contributed by atoms with Crippen LogP contribution in [0, 0.1) is 0 Å². The molecular weight excluding hydrogens is 334 g/mol. The standard InChI is InChI=1S/C22H25N5/c1-27-15-18(14-25-27)19-10-4-3-8-17(19)13-24-22(23)26-21-12-6-9-16-7-2-5-11-20(16)21/h3-4,6,8-10,12,14-15H,2,5,7,11,13H2,1H3,(H3,23,24,26). The van der Waals surface area contributed by atoms with E-state index in [9.17, 15) is 0 Å². The number of aryl methyl sites for hydroxylation is 2. The molecule has 1 aromatic heterocycles. The third-order valence-electron chi connectivity index (χ3n) is 5.11. The Kier molecular flexibility index (Phi) is 4.92. The minimum atomic E-state index is 0.454. The van der Waals surface area contributed by atoms with Gasteiger partial charge in [0, 0.05) is 24.5 Å². The maximum absolute atomic E-state index is 6.20. The molecule has 0 unspecified atom stereocenters. The van der Waals surface area contributed by atoms with Crippen LogP contribution in [0.5, 0.6) is 0 Å². The molecule has 3 aromatic rings. The summed E-state index contributed by atoms with van der Waals surface area (Å²) in [6, 6.07) is 14.7. The zero-order valence-corrected chi connectivity index (χ0v) is 15.7. The van der Waals surface area contributed by atoms with E-state index < -0.39 is 0 Å². The zero-order valence-electron chi connectivity index (χ0n) is 15.7. The van der Waals surface area contributed by atoms with Gasteiger partial charge in [-0.3, -0.25) is 4.68 Å². The van der Waals surface area contributed by atoms with Gasteiger partial charge in [-0.15, -0.1) is 0 Å². The molecule has 5 nitrogen and oxygen atoms in total. The Hall–Kier alpha value is -3.08. The number of aromatic nitrogens is 2. The van der Waals surface area contributed by atoms with Gasteiger partial charge in [-0.25, -0.2) is 4.99 Å². The first-order valence-electron chi connectivity index (χ1n) is 9.45. The number of hydrogen-bond acceptors (Lipinski definition) is 2. The highest BCUT2D eigenvalue weighted by Gasteiger charge is 2.13. The van der Waals surface area contributed by atoms with E-state index in [0.717, 1.165) is 35.2 Å². The minimum Gasteiger partial charge on any atom is -0.370 e. The summed E-state index contributed by atoms with van der Waals surface area (Å²) in [4.78, 5) is 4.59. The predicted octanol–water partition coefficient (Wildman–Crippen LogP) is 3.89. The molecule has 2 aromatic carbocycles. The van der Waals surface area contributed by atoms with Crippen molar-refractivity contribution in [2.75, 3.05) is 5.32 Å². The van der Waals surface area contributed by atoms with Crippen molar-refractivity contribution in [2.45, 2.75) is 32.2 Å². The molecule has 27 heavy (non-hydrogen) atoms. The van der Waals surface area contributed by atoms with Crippen molar-refractivity contribution in [2.24, 2.45) is 17.8 Å². The molecule has 0 saturated carbocycles. The van der Waals surface area contributed by atoms with Crippen molar-refractivity contribution in [3.63, 3.8) is 0 Å². The third kappa shape index (κ3) is 3.87. The molecule has 0 fully saturated rings. The summed E-state index contributed by atoms with van der Waals surface area (Å²) in [5.74, 6) is 0.454. The number of nitrogens with two attached hydrogens (primary N) is 1. The van der Waals surface area contributed by atoms with Crippen molar-refractivity contribution in [3.05, 3.63) is 71.5 Å². The highest BCUT2D eigenvalue weighted by Crippen LogP contribution is 2.28. The topological polar surface area (TPSA) is 68.2 Å². The van der Waals surface area contributed by atoms with Gasteiger partial charge < -0.3 is 11.1 Å². The van der Waals surface area contributed by atoms with Crippen LogP contribution in [0.25, 0.3) is 11.1 Å². The summed E-state index contributed by atoms with van der Waals surface area (Å²) in [6.07, 6.45) is 8.66. The van der Waals surface area contributed by atoms with Gasteiger partial charge in [0.1, 0.15) is 0 Å². The number of guanidine groups is 1. The molecule has 0 saturated heterocycles. The van der Waals surface area contributed by atoms with Crippen molar-refractivity contribution in [3.8, 4) is 11.1 Å². The minimum absolute atomic E-state index is 0.454. The quantitative estimate of drug-likeness (QED) is 0.548. The number of rotatable bonds is 4. The fourth-order valence-electron chi connectivity index (χ4n) is 3.75.